The van der Waals surface area contributed by atoms with Crippen molar-refractivity contribution in [3.8, 4) is 5.75 Å². The van der Waals surface area contributed by atoms with Crippen molar-refractivity contribution in [3.63, 3.8) is 0 Å². The molecule has 1 aliphatic heterocycles. The highest BCUT2D eigenvalue weighted by molar-refractivity contribution is 5.97. The fourth-order valence-corrected chi connectivity index (χ4v) is 2.71. The van der Waals surface area contributed by atoms with Crippen molar-refractivity contribution < 1.29 is 14.5 Å². The molecule has 1 aromatic carbocycles. The number of amides is 1. The number of piperidine rings is 1. The van der Waals surface area contributed by atoms with Gasteiger partial charge in [0.05, 0.1) is 23.7 Å². The number of carbonyl (C=O) groups is 1. The molecule has 1 fully saturated rings. The van der Waals surface area contributed by atoms with Gasteiger partial charge in [-0.2, -0.15) is 0 Å². The second-order valence-electron chi connectivity index (χ2n) is 5.45. The number of nitro benzene ring substituents is 1. The minimum atomic E-state index is -0.518. The summed E-state index contributed by atoms with van der Waals surface area (Å²) in [6.07, 6.45) is 0.890. The summed E-state index contributed by atoms with van der Waals surface area (Å²) in [6.45, 7) is 3.17. The van der Waals surface area contributed by atoms with Crippen LogP contribution in [-0.2, 0) is 0 Å². The fourth-order valence-electron chi connectivity index (χ4n) is 2.71. The number of nitrogens with two attached hydrogens (primary N) is 1. The molecule has 1 heterocycles. The summed E-state index contributed by atoms with van der Waals surface area (Å²) in [5, 5.41) is 10.8. The van der Waals surface area contributed by atoms with Gasteiger partial charge in [0.1, 0.15) is 5.75 Å². The third-order valence-electron chi connectivity index (χ3n) is 3.61. The van der Waals surface area contributed by atoms with E-state index in [-0.39, 0.29) is 23.4 Å². The van der Waals surface area contributed by atoms with Crippen LogP contribution in [0.3, 0.4) is 0 Å². The zero-order valence-electron chi connectivity index (χ0n) is 12.1. The summed E-state index contributed by atoms with van der Waals surface area (Å²) in [5.74, 6) is 0.339. The van der Waals surface area contributed by atoms with E-state index in [0.29, 0.717) is 24.6 Å². The zero-order valence-corrected chi connectivity index (χ0v) is 12.1. The highest BCUT2D eigenvalue weighted by atomic mass is 16.6. The second-order valence-corrected chi connectivity index (χ2v) is 5.45. The Bertz CT molecular complexity index is 551. The number of benzene rings is 1. The van der Waals surface area contributed by atoms with Gasteiger partial charge in [-0.1, -0.05) is 6.92 Å². The van der Waals surface area contributed by atoms with Gasteiger partial charge in [-0.3, -0.25) is 14.9 Å². The van der Waals surface area contributed by atoms with Crippen molar-refractivity contribution in [3.05, 3.63) is 33.9 Å². The maximum absolute atomic E-state index is 12.6. The van der Waals surface area contributed by atoms with E-state index >= 15 is 0 Å². The van der Waals surface area contributed by atoms with E-state index in [2.05, 4.69) is 0 Å². The first-order chi connectivity index (χ1) is 9.92. The number of nitro groups is 1. The zero-order chi connectivity index (χ0) is 15.6. The Hall–Kier alpha value is -2.15. The van der Waals surface area contributed by atoms with Gasteiger partial charge >= 0.3 is 0 Å². The van der Waals surface area contributed by atoms with Crippen molar-refractivity contribution in [1.29, 1.82) is 0 Å². The fraction of sp³-hybridized carbons (Fsp3) is 0.500. The summed E-state index contributed by atoms with van der Waals surface area (Å²) < 4.78 is 5.12. The Morgan fingerprint density at radius 3 is 2.76 bits per heavy atom. The predicted octanol–water partition coefficient (Wildman–Crippen LogP) is 1.41. The molecule has 1 amide bonds. The molecule has 21 heavy (non-hydrogen) atoms. The Balaban J connectivity index is 2.28. The first-order valence-electron chi connectivity index (χ1n) is 6.79. The van der Waals surface area contributed by atoms with Gasteiger partial charge in [-0.15, -0.1) is 0 Å². The molecule has 2 N–H and O–H groups in total. The molecule has 0 bridgehead atoms. The summed E-state index contributed by atoms with van der Waals surface area (Å²) >= 11 is 0. The average molecular weight is 293 g/mol. The third-order valence-corrected chi connectivity index (χ3v) is 3.61. The van der Waals surface area contributed by atoms with E-state index in [1.807, 2.05) is 6.92 Å². The van der Waals surface area contributed by atoms with Gasteiger partial charge in [-0.05, 0) is 18.4 Å². The molecule has 0 aromatic heterocycles. The Morgan fingerprint density at radius 1 is 1.48 bits per heavy atom. The maximum Gasteiger partial charge on any atom is 0.273 e. The molecule has 0 aliphatic carbocycles. The smallest absolute Gasteiger partial charge is 0.273 e. The molecule has 1 saturated heterocycles. The molecule has 7 nitrogen and oxygen atoms in total. The molecule has 0 saturated carbocycles. The van der Waals surface area contributed by atoms with Crippen LogP contribution in [0.5, 0.6) is 5.75 Å². The number of methoxy groups -OCH3 is 1. The minimum Gasteiger partial charge on any atom is -0.496 e. The van der Waals surface area contributed by atoms with Crippen LogP contribution in [0.2, 0.25) is 0 Å². The summed E-state index contributed by atoms with van der Waals surface area (Å²) in [4.78, 5) is 24.5. The van der Waals surface area contributed by atoms with Crippen molar-refractivity contribution in [1.82, 2.24) is 4.90 Å². The molecular formula is C14H19N3O4. The SMILES string of the molecule is COc1cc([N+](=O)[O-])ccc1C(=O)N1CC(C)CC(N)C1. The number of ether oxygens (including phenoxy) is 1. The standard InChI is InChI=1S/C14H19N3O4/c1-9-5-10(15)8-16(7-9)14(18)12-4-3-11(17(19)20)6-13(12)21-2/h3-4,6,9-10H,5,7-8,15H2,1-2H3. The molecule has 1 aromatic rings. The highest BCUT2D eigenvalue weighted by Crippen LogP contribution is 2.27. The predicted molar refractivity (Wildman–Crippen MR) is 77.3 cm³/mol. The van der Waals surface area contributed by atoms with Crippen molar-refractivity contribution in [2.24, 2.45) is 11.7 Å². The van der Waals surface area contributed by atoms with Gasteiger partial charge in [0, 0.05) is 25.2 Å². The molecule has 2 atom stereocenters. The lowest BCUT2D eigenvalue weighted by atomic mass is 9.96. The Labute approximate surface area is 122 Å². The largest absolute Gasteiger partial charge is 0.496 e. The van der Waals surface area contributed by atoms with Crippen LogP contribution in [0.15, 0.2) is 18.2 Å². The van der Waals surface area contributed by atoms with E-state index in [0.717, 1.165) is 6.42 Å². The number of carbonyl (C=O) groups excluding carboxylic acids is 1. The van der Waals surface area contributed by atoms with Crippen LogP contribution >= 0.6 is 0 Å². The van der Waals surface area contributed by atoms with Crippen LogP contribution in [0, 0.1) is 16.0 Å². The van der Waals surface area contributed by atoms with Crippen LogP contribution in [-0.4, -0.2) is 42.0 Å². The normalized spacial score (nSPS) is 22.0. The molecule has 2 rings (SSSR count). The topological polar surface area (TPSA) is 98.7 Å². The molecule has 7 heteroatoms. The third kappa shape index (κ3) is 3.30. The molecule has 0 spiro atoms. The van der Waals surface area contributed by atoms with E-state index in [4.69, 9.17) is 10.5 Å². The van der Waals surface area contributed by atoms with Crippen molar-refractivity contribution in [2.75, 3.05) is 20.2 Å². The van der Waals surface area contributed by atoms with Gasteiger partial charge in [-0.25, -0.2) is 0 Å². The quantitative estimate of drug-likeness (QED) is 0.671. The maximum atomic E-state index is 12.6. The number of rotatable bonds is 3. The lowest BCUT2D eigenvalue weighted by molar-refractivity contribution is -0.384. The van der Waals surface area contributed by atoms with E-state index in [1.54, 1.807) is 4.90 Å². The molecule has 2 unspecified atom stereocenters. The van der Waals surface area contributed by atoms with E-state index < -0.39 is 4.92 Å². The number of hydrogen-bond acceptors (Lipinski definition) is 5. The van der Waals surface area contributed by atoms with Crippen LogP contribution in [0.4, 0.5) is 5.69 Å². The number of hydrogen-bond donors (Lipinski definition) is 1. The van der Waals surface area contributed by atoms with Crippen LogP contribution < -0.4 is 10.5 Å². The molecular weight excluding hydrogens is 274 g/mol. The lowest BCUT2D eigenvalue weighted by Crippen LogP contribution is -2.48. The number of non-ortho nitro benzene ring substituents is 1. The van der Waals surface area contributed by atoms with E-state index in [9.17, 15) is 14.9 Å². The second kappa shape index (κ2) is 6.09. The van der Waals surface area contributed by atoms with Crippen molar-refractivity contribution >= 4 is 11.6 Å². The molecule has 1 aliphatic rings. The van der Waals surface area contributed by atoms with Gasteiger partial charge in [0.25, 0.3) is 11.6 Å². The van der Waals surface area contributed by atoms with Crippen LogP contribution in [0.25, 0.3) is 0 Å². The van der Waals surface area contributed by atoms with E-state index in [1.165, 1.54) is 25.3 Å². The van der Waals surface area contributed by atoms with Gasteiger partial charge < -0.3 is 15.4 Å². The Kier molecular flexibility index (Phi) is 4.42. The average Bonchev–Trinajstić information content (AvgIpc) is 2.44. The first-order valence-corrected chi connectivity index (χ1v) is 6.79. The highest BCUT2D eigenvalue weighted by Gasteiger charge is 2.28. The number of nitrogens with zero attached hydrogens (tertiary/aromatic N) is 2. The minimum absolute atomic E-state index is 0.0401. The first kappa shape index (κ1) is 15.2. The van der Waals surface area contributed by atoms with Gasteiger partial charge in [0.15, 0.2) is 0 Å². The monoisotopic (exact) mass is 293 g/mol. The summed E-state index contributed by atoms with van der Waals surface area (Å²) in [7, 11) is 1.39. The van der Waals surface area contributed by atoms with Crippen molar-refractivity contribution in [2.45, 2.75) is 19.4 Å². The van der Waals surface area contributed by atoms with Gasteiger partial charge in [0.2, 0.25) is 0 Å². The Morgan fingerprint density at radius 2 is 2.19 bits per heavy atom. The lowest BCUT2D eigenvalue weighted by Gasteiger charge is -2.35. The molecule has 0 radical (unpaired) electrons. The molecule has 114 valence electrons. The number of likely N-dealkylation sites (tertiary alicyclic amines) is 1. The van der Waals surface area contributed by atoms with Crippen LogP contribution in [0.1, 0.15) is 23.7 Å². The summed E-state index contributed by atoms with van der Waals surface area (Å²) in [5.41, 5.74) is 6.17. The summed E-state index contributed by atoms with van der Waals surface area (Å²) in [6, 6.07) is 3.97.